The first-order chi connectivity index (χ1) is 12.1. The minimum Gasteiger partial charge on any atom is -0.298 e. The van der Waals surface area contributed by atoms with Gasteiger partial charge < -0.3 is 0 Å². The molecule has 1 N–H and O–H groups in total. The first-order valence-corrected chi connectivity index (χ1v) is 8.01. The minimum atomic E-state index is -0.498. The molecule has 0 aliphatic carbocycles. The van der Waals surface area contributed by atoms with Crippen LogP contribution in [0.2, 0.25) is 0 Å². The molecule has 0 radical (unpaired) electrons. The molecule has 5 nitrogen and oxygen atoms in total. The molecule has 2 heterocycles. The lowest BCUT2D eigenvalue weighted by molar-refractivity contribution is -0.128. The van der Waals surface area contributed by atoms with Crippen LogP contribution < -0.4 is 5.32 Å². The van der Waals surface area contributed by atoms with Crippen molar-refractivity contribution < 1.29 is 9.59 Å². The topological polar surface area (TPSA) is 62.3 Å². The highest BCUT2D eigenvalue weighted by molar-refractivity contribution is 7.80. The molecular weight excluding hydrogens is 334 g/mol. The number of pyridine rings is 1. The number of rotatable bonds is 4. The summed E-state index contributed by atoms with van der Waals surface area (Å²) in [7, 11) is 0. The summed E-state index contributed by atoms with van der Waals surface area (Å²) in [4.78, 5) is 30.1. The predicted molar refractivity (Wildman–Crippen MR) is 100 cm³/mol. The van der Waals surface area contributed by atoms with Gasteiger partial charge in [0.2, 0.25) is 0 Å². The summed E-state index contributed by atoms with van der Waals surface area (Å²) in [6, 6.07) is 11.3. The molecule has 0 saturated carbocycles. The van der Waals surface area contributed by atoms with Gasteiger partial charge in [0, 0.05) is 24.5 Å². The molecule has 1 aromatic heterocycles. The van der Waals surface area contributed by atoms with Gasteiger partial charge in [-0.15, -0.1) is 6.58 Å². The van der Waals surface area contributed by atoms with Crippen molar-refractivity contribution in [1.82, 2.24) is 15.2 Å². The molecule has 25 heavy (non-hydrogen) atoms. The van der Waals surface area contributed by atoms with E-state index in [9.17, 15) is 9.59 Å². The zero-order chi connectivity index (χ0) is 17.8. The van der Waals surface area contributed by atoms with Crippen molar-refractivity contribution in [3.63, 3.8) is 0 Å². The molecule has 1 aliphatic heterocycles. The lowest BCUT2D eigenvalue weighted by Crippen LogP contribution is -2.53. The van der Waals surface area contributed by atoms with Crippen molar-refractivity contribution >= 4 is 35.2 Å². The zero-order valence-electron chi connectivity index (χ0n) is 13.3. The normalized spacial score (nSPS) is 16.1. The van der Waals surface area contributed by atoms with Crippen LogP contribution in [0.15, 0.2) is 67.0 Å². The van der Waals surface area contributed by atoms with Crippen LogP contribution in [0.5, 0.6) is 0 Å². The second kappa shape index (κ2) is 7.19. The van der Waals surface area contributed by atoms with Gasteiger partial charge in [-0.1, -0.05) is 30.3 Å². The SMILES string of the molecule is C=CCN1C(=O)/C(=C/c2cccc(-c3cccnc3)c2)C(=O)NC1=S. The third kappa shape index (κ3) is 3.54. The van der Waals surface area contributed by atoms with Gasteiger partial charge in [0.1, 0.15) is 5.57 Å². The Morgan fingerprint density at radius 2 is 2.00 bits per heavy atom. The number of nitrogens with one attached hydrogen (secondary N) is 1. The second-order valence-electron chi connectivity index (χ2n) is 5.39. The van der Waals surface area contributed by atoms with Crippen LogP contribution in [0.4, 0.5) is 0 Å². The van der Waals surface area contributed by atoms with E-state index in [2.05, 4.69) is 16.9 Å². The van der Waals surface area contributed by atoms with Gasteiger partial charge in [-0.3, -0.25) is 24.8 Å². The van der Waals surface area contributed by atoms with Gasteiger partial charge in [-0.25, -0.2) is 0 Å². The maximum atomic E-state index is 12.5. The number of hydrogen-bond donors (Lipinski definition) is 1. The van der Waals surface area contributed by atoms with E-state index in [4.69, 9.17) is 12.2 Å². The van der Waals surface area contributed by atoms with Crippen molar-refractivity contribution in [3.05, 3.63) is 72.6 Å². The molecule has 1 fully saturated rings. The molecule has 2 amide bonds. The van der Waals surface area contributed by atoms with Gasteiger partial charge in [-0.2, -0.15) is 0 Å². The smallest absolute Gasteiger partial charge is 0.265 e. The Morgan fingerprint density at radius 1 is 1.20 bits per heavy atom. The molecule has 1 aromatic carbocycles. The first kappa shape index (κ1) is 16.7. The lowest BCUT2D eigenvalue weighted by atomic mass is 10.0. The summed E-state index contributed by atoms with van der Waals surface area (Å²) >= 11 is 5.04. The fourth-order valence-electron chi connectivity index (χ4n) is 2.50. The van der Waals surface area contributed by atoms with Gasteiger partial charge >= 0.3 is 0 Å². The molecule has 0 unspecified atom stereocenters. The average molecular weight is 349 g/mol. The summed E-state index contributed by atoms with van der Waals surface area (Å²) in [5, 5.41) is 2.63. The van der Waals surface area contributed by atoms with Crippen LogP contribution in [0, 0.1) is 0 Å². The maximum absolute atomic E-state index is 12.5. The van der Waals surface area contributed by atoms with Gasteiger partial charge in [0.15, 0.2) is 5.11 Å². The summed E-state index contributed by atoms with van der Waals surface area (Å²) in [5.41, 5.74) is 2.69. The van der Waals surface area contributed by atoms with Gasteiger partial charge in [0.05, 0.1) is 0 Å². The van der Waals surface area contributed by atoms with E-state index in [0.29, 0.717) is 0 Å². The molecule has 124 valence electrons. The number of carbonyl (C=O) groups is 2. The van der Waals surface area contributed by atoms with Crippen LogP contribution in [-0.2, 0) is 9.59 Å². The maximum Gasteiger partial charge on any atom is 0.265 e. The van der Waals surface area contributed by atoms with Crippen molar-refractivity contribution in [2.45, 2.75) is 0 Å². The van der Waals surface area contributed by atoms with Crippen molar-refractivity contribution in [2.75, 3.05) is 6.54 Å². The van der Waals surface area contributed by atoms with Gasteiger partial charge in [0.25, 0.3) is 11.8 Å². The quantitative estimate of drug-likeness (QED) is 0.399. The molecule has 2 aromatic rings. The zero-order valence-corrected chi connectivity index (χ0v) is 14.1. The molecule has 0 atom stereocenters. The molecule has 1 saturated heterocycles. The number of amides is 2. The molecule has 0 spiro atoms. The van der Waals surface area contributed by atoms with Crippen LogP contribution in [0.1, 0.15) is 5.56 Å². The highest BCUT2D eigenvalue weighted by atomic mass is 32.1. The van der Waals surface area contributed by atoms with Crippen molar-refractivity contribution in [1.29, 1.82) is 0 Å². The van der Waals surface area contributed by atoms with E-state index in [0.717, 1.165) is 16.7 Å². The highest BCUT2D eigenvalue weighted by Crippen LogP contribution is 2.21. The van der Waals surface area contributed by atoms with Gasteiger partial charge in [-0.05, 0) is 41.6 Å². The third-order valence-corrected chi connectivity index (χ3v) is 4.01. The second-order valence-corrected chi connectivity index (χ2v) is 5.78. The lowest BCUT2D eigenvalue weighted by Gasteiger charge is -2.27. The Hall–Kier alpha value is -3.12. The van der Waals surface area contributed by atoms with E-state index in [1.54, 1.807) is 24.5 Å². The number of nitrogens with zero attached hydrogens (tertiary/aromatic N) is 2. The Kier molecular flexibility index (Phi) is 4.81. The summed E-state index contributed by atoms with van der Waals surface area (Å²) in [6.45, 7) is 3.85. The van der Waals surface area contributed by atoms with Crippen molar-refractivity contribution in [2.24, 2.45) is 0 Å². The summed E-state index contributed by atoms with van der Waals surface area (Å²) in [6.07, 6.45) is 6.59. The van der Waals surface area contributed by atoms with E-state index in [1.165, 1.54) is 4.90 Å². The molecular formula is C19H15N3O2S. The monoisotopic (exact) mass is 349 g/mol. The Balaban J connectivity index is 1.96. The standard InChI is InChI=1S/C19H15N3O2S/c1-2-9-22-18(24)16(17(23)21-19(22)25)11-13-5-3-6-14(10-13)15-7-4-8-20-12-15/h2-8,10-12H,1,9H2,(H,21,23,25)/b16-11+. The molecule has 0 bridgehead atoms. The predicted octanol–water partition coefficient (Wildman–Crippen LogP) is 2.56. The van der Waals surface area contributed by atoms with E-state index >= 15 is 0 Å². The van der Waals surface area contributed by atoms with Crippen molar-refractivity contribution in [3.8, 4) is 11.1 Å². The molecule has 6 heteroatoms. The Bertz CT molecular complexity index is 891. The molecule has 1 aliphatic rings. The van der Waals surface area contributed by atoms with E-state index in [-0.39, 0.29) is 17.2 Å². The van der Waals surface area contributed by atoms with Crippen LogP contribution >= 0.6 is 12.2 Å². The van der Waals surface area contributed by atoms with Crippen LogP contribution in [0.3, 0.4) is 0 Å². The summed E-state index contributed by atoms with van der Waals surface area (Å²) < 4.78 is 0. The fraction of sp³-hybridized carbons (Fsp3) is 0.0526. The summed E-state index contributed by atoms with van der Waals surface area (Å²) in [5.74, 6) is -0.928. The Labute approximate surface area is 150 Å². The fourth-order valence-corrected chi connectivity index (χ4v) is 2.75. The number of thiocarbonyl (C=S) groups is 1. The number of hydrogen-bond acceptors (Lipinski definition) is 4. The largest absolute Gasteiger partial charge is 0.298 e. The van der Waals surface area contributed by atoms with Crippen LogP contribution in [-0.4, -0.2) is 33.4 Å². The number of aromatic nitrogens is 1. The number of carbonyl (C=O) groups excluding carboxylic acids is 2. The van der Waals surface area contributed by atoms with E-state index < -0.39 is 11.8 Å². The third-order valence-electron chi connectivity index (χ3n) is 3.69. The van der Waals surface area contributed by atoms with Crippen LogP contribution in [0.25, 0.3) is 17.2 Å². The first-order valence-electron chi connectivity index (χ1n) is 7.60. The average Bonchev–Trinajstić information content (AvgIpc) is 2.63. The highest BCUT2D eigenvalue weighted by Gasteiger charge is 2.32. The Morgan fingerprint density at radius 3 is 2.72 bits per heavy atom. The molecule has 3 rings (SSSR count). The van der Waals surface area contributed by atoms with E-state index in [1.807, 2.05) is 36.4 Å². The minimum absolute atomic E-state index is 0.0405. The number of benzene rings is 1.